The monoisotopic (exact) mass is 155 g/mol. The summed E-state index contributed by atoms with van der Waals surface area (Å²) >= 11 is 0. The predicted octanol–water partition coefficient (Wildman–Crippen LogP) is 1.58. The maximum atomic E-state index is 8.46. The third-order valence-electron chi connectivity index (χ3n) is 1.47. The molecule has 0 aliphatic carbocycles. The van der Waals surface area contributed by atoms with Gasteiger partial charge >= 0.3 is 0 Å². The van der Waals surface area contributed by atoms with E-state index >= 15 is 0 Å². The smallest absolute Gasteiger partial charge is 0.0858 e. The van der Waals surface area contributed by atoms with Crippen molar-refractivity contribution < 1.29 is 4.74 Å². The molecule has 0 radical (unpaired) electrons. The van der Waals surface area contributed by atoms with Crippen LogP contribution in [-0.4, -0.2) is 19.8 Å². The second kappa shape index (κ2) is 5.81. The lowest BCUT2D eigenvalue weighted by atomic mass is 10.1. The van der Waals surface area contributed by atoms with Gasteiger partial charge in [-0.1, -0.05) is 0 Å². The molecule has 0 saturated carbocycles. The Morgan fingerprint density at radius 3 is 2.73 bits per heavy atom. The van der Waals surface area contributed by atoms with Gasteiger partial charge in [-0.2, -0.15) is 10.4 Å². The van der Waals surface area contributed by atoms with Gasteiger partial charge in [-0.25, -0.2) is 5.53 Å². The van der Waals surface area contributed by atoms with Crippen LogP contribution in [0, 0.1) is 22.8 Å². The van der Waals surface area contributed by atoms with E-state index in [4.69, 9.17) is 15.5 Å². The zero-order valence-corrected chi connectivity index (χ0v) is 6.87. The molecule has 0 rings (SSSR count). The van der Waals surface area contributed by atoms with E-state index in [1.807, 2.05) is 6.92 Å². The van der Waals surface area contributed by atoms with Crippen molar-refractivity contribution in [2.75, 3.05) is 13.7 Å². The Morgan fingerprint density at radius 2 is 2.36 bits per heavy atom. The molecule has 4 heteroatoms. The molecule has 4 nitrogen and oxygen atoms in total. The molecule has 0 aromatic rings. The van der Waals surface area contributed by atoms with Crippen LogP contribution in [0.3, 0.4) is 0 Å². The van der Waals surface area contributed by atoms with Crippen molar-refractivity contribution in [1.82, 2.24) is 0 Å². The third kappa shape index (κ3) is 4.45. The van der Waals surface area contributed by atoms with Gasteiger partial charge in [0.25, 0.3) is 0 Å². The summed E-state index contributed by atoms with van der Waals surface area (Å²) in [5.41, 5.74) is 6.60. The molecule has 0 spiro atoms. The molecule has 0 aliphatic rings. The van der Waals surface area contributed by atoms with Crippen molar-refractivity contribution >= 4 is 0 Å². The van der Waals surface area contributed by atoms with E-state index in [0.717, 1.165) is 0 Å². The Labute approximate surface area is 66.7 Å². The molecule has 0 fully saturated rings. The number of hydrogen-bond acceptors (Lipinski definition) is 4. The number of nitrogens with one attached hydrogen (secondary N) is 1. The van der Waals surface area contributed by atoms with Crippen molar-refractivity contribution in [3.8, 4) is 6.07 Å². The molecule has 62 valence electrons. The summed E-state index contributed by atoms with van der Waals surface area (Å²) in [5, 5.41) is 11.7. The lowest BCUT2D eigenvalue weighted by Gasteiger charge is -2.12. The summed E-state index contributed by atoms with van der Waals surface area (Å²) in [6.45, 7) is 2.18. The maximum Gasteiger partial charge on any atom is 0.0858 e. The second-order valence-electron chi connectivity index (χ2n) is 2.46. The van der Waals surface area contributed by atoms with Gasteiger partial charge in [0.1, 0.15) is 0 Å². The number of methoxy groups -OCH3 is 1. The van der Waals surface area contributed by atoms with Gasteiger partial charge in [-0.3, -0.25) is 0 Å². The van der Waals surface area contributed by atoms with Crippen molar-refractivity contribution in [2.45, 2.75) is 19.4 Å². The van der Waals surface area contributed by atoms with Gasteiger partial charge in [0.05, 0.1) is 18.7 Å². The normalized spacial score (nSPS) is 15.0. The van der Waals surface area contributed by atoms with E-state index < -0.39 is 0 Å². The fraction of sp³-hybridized carbons (Fsp3) is 0.857. The summed E-state index contributed by atoms with van der Waals surface area (Å²) in [7, 11) is 1.57. The van der Waals surface area contributed by atoms with E-state index in [1.165, 1.54) is 0 Å². The van der Waals surface area contributed by atoms with Crippen LogP contribution in [0.5, 0.6) is 0 Å². The Kier molecular flexibility index (Phi) is 5.30. The van der Waals surface area contributed by atoms with Gasteiger partial charge in [-0.15, -0.1) is 0 Å². The van der Waals surface area contributed by atoms with E-state index in [0.29, 0.717) is 13.0 Å². The lowest BCUT2D eigenvalue weighted by molar-refractivity contribution is 0.0936. The van der Waals surface area contributed by atoms with Crippen molar-refractivity contribution in [3.63, 3.8) is 0 Å². The summed E-state index contributed by atoms with van der Waals surface area (Å²) < 4.78 is 5.00. The van der Waals surface area contributed by atoms with Crippen LogP contribution in [0.25, 0.3) is 0 Å². The highest BCUT2D eigenvalue weighted by molar-refractivity contribution is 4.81. The van der Waals surface area contributed by atoms with E-state index in [1.54, 1.807) is 7.11 Å². The third-order valence-corrected chi connectivity index (χ3v) is 1.47. The van der Waals surface area contributed by atoms with Gasteiger partial charge in [-0.05, 0) is 13.3 Å². The van der Waals surface area contributed by atoms with Gasteiger partial charge in [0.15, 0.2) is 0 Å². The van der Waals surface area contributed by atoms with Crippen LogP contribution in [-0.2, 0) is 4.74 Å². The van der Waals surface area contributed by atoms with E-state index in [-0.39, 0.29) is 12.0 Å². The minimum absolute atomic E-state index is 0.0262. The molecule has 11 heavy (non-hydrogen) atoms. The van der Waals surface area contributed by atoms with Crippen LogP contribution < -0.4 is 0 Å². The maximum absolute atomic E-state index is 8.46. The molecule has 0 aromatic heterocycles. The van der Waals surface area contributed by atoms with E-state index in [9.17, 15) is 0 Å². The first-order valence-electron chi connectivity index (χ1n) is 3.50. The average Bonchev–Trinajstić information content (AvgIpc) is 2.03. The number of nitriles is 1. The molecule has 0 aromatic carbocycles. The first kappa shape index (κ1) is 10.0. The van der Waals surface area contributed by atoms with Crippen LogP contribution in [0.4, 0.5) is 0 Å². The van der Waals surface area contributed by atoms with Crippen LogP contribution in [0.15, 0.2) is 5.11 Å². The van der Waals surface area contributed by atoms with Crippen molar-refractivity contribution in [3.05, 3.63) is 0 Å². The zero-order chi connectivity index (χ0) is 8.69. The van der Waals surface area contributed by atoms with Crippen LogP contribution in [0.2, 0.25) is 0 Å². The first-order valence-corrected chi connectivity index (χ1v) is 3.50. The highest BCUT2D eigenvalue weighted by Gasteiger charge is 2.10. The molecule has 2 atom stereocenters. The van der Waals surface area contributed by atoms with Gasteiger partial charge in [0.2, 0.25) is 0 Å². The second-order valence-corrected chi connectivity index (χ2v) is 2.46. The minimum Gasteiger partial charge on any atom is -0.379 e. The van der Waals surface area contributed by atoms with Crippen molar-refractivity contribution in [1.29, 1.82) is 10.8 Å². The summed E-state index contributed by atoms with van der Waals surface area (Å²) in [4.78, 5) is 0. The highest BCUT2D eigenvalue weighted by Crippen LogP contribution is 2.07. The molecule has 1 N–H and O–H groups in total. The molecule has 0 aliphatic heterocycles. The quantitative estimate of drug-likeness (QED) is 0.612. The van der Waals surface area contributed by atoms with Crippen LogP contribution in [0.1, 0.15) is 13.3 Å². The van der Waals surface area contributed by atoms with Crippen LogP contribution >= 0.6 is 0 Å². The molecule has 0 saturated heterocycles. The Hall–Kier alpha value is -0.950. The molecular weight excluding hydrogens is 142 g/mol. The van der Waals surface area contributed by atoms with E-state index in [2.05, 4.69) is 11.2 Å². The van der Waals surface area contributed by atoms with Crippen molar-refractivity contribution in [2.24, 2.45) is 11.0 Å². The Bertz CT molecular complexity index is 152. The largest absolute Gasteiger partial charge is 0.379 e. The molecule has 0 bridgehead atoms. The summed E-state index contributed by atoms with van der Waals surface area (Å²) in [6.07, 6.45) is 0.567. The highest BCUT2D eigenvalue weighted by atomic mass is 16.5. The Balaban J connectivity index is 3.69. The van der Waals surface area contributed by atoms with Gasteiger partial charge in [0, 0.05) is 13.0 Å². The number of rotatable bonds is 5. The average molecular weight is 155 g/mol. The fourth-order valence-electron chi connectivity index (χ4n) is 0.794. The topological polar surface area (TPSA) is 69.2 Å². The molecular formula is C7H13N3O. The Morgan fingerprint density at radius 1 is 1.73 bits per heavy atom. The summed E-state index contributed by atoms with van der Waals surface area (Å²) in [6, 6.07) is 2.11. The molecule has 2 unspecified atom stereocenters. The number of nitrogens with zero attached hydrogens (tertiary/aromatic N) is 2. The standard InChI is InChI=1S/C7H13N3O/c1-6(4-8)3-7(11-2)5-10-9/h6-7,9H,3,5H2,1-2H3. The molecule has 0 amide bonds. The van der Waals surface area contributed by atoms with Gasteiger partial charge < -0.3 is 4.74 Å². The minimum atomic E-state index is -0.0813. The predicted molar refractivity (Wildman–Crippen MR) is 40.2 cm³/mol. The SMILES string of the molecule is COC(CN=N)CC(C)C#N. The first-order chi connectivity index (χ1) is 5.24. The zero-order valence-electron chi connectivity index (χ0n) is 6.87. The number of hydrogen-bond donors (Lipinski definition) is 1. The fourth-order valence-corrected chi connectivity index (χ4v) is 0.794. The number of ether oxygens (including phenoxy) is 1. The lowest BCUT2D eigenvalue weighted by Crippen LogP contribution is -2.17. The summed E-state index contributed by atoms with van der Waals surface area (Å²) in [5.74, 6) is -0.0262. The molecule has 0 heterocycles.